The van der Waals surface area contributed by atoms with Gasteiger partial charge >= 0.3 is 6.18 Å². The Morgan fingerprint density at radius 3 is 2.48 bits per heavy atom. The molecule has 2 N–H and O–H groups in total. The van der Waals surface area contributed by atoms with E-state index in [4.69, 9.17) is 5.73 Å². The summed E-state index contributed by atoms with van der Waals surface area (Å²) in [6.45, 7) is 6.33. The Hall–Kier alpha value is -1.53. The smallest absolute Gasteiger partial charge is 0.384 e. The molecule has 1 aromatic heterocycles. The van der Waals surface area contributed by atoms with Crippen LogP contribution in [-0.2, 0) is 5.41 Å². The number of piperidine rings is 1. The number of nitrogen functional groups attached to an aromatic ring is 1. The molecular formula is C14H21F3N4. The normalized spacial score (nSPS) is 20.7. The van der Waals surface area contributed by atoms with Crippen molar-refractivity contribution in [2.24, 2.45) is 5.92 Å². The average Bonchev–Trinajstić information content (AvgIpc) is 2.36. The van der Waals surface area contributed by atoms with Crippen LogP contribution in [0.5, 0.6) is 0 Å². The van der Waals surface area contributed by atoms with Crippen molar-refractivity contribution < 1.29 is 13.2 Å². The lowest BCUT2D eigenvalue weighted by molar-refractivity contribution is -0.176. The number of nitrogens with two attached hydrogens (primary N) is 1. The minimum atomic E-state index is -4.16. The monoisotopic (exact) mass is 302 g/mol. The van der Waals surface area contributed by atoms with E-state index in [2.05, 4.69) is 9.97 Å². The maximum Gasteiger partial charge on any atom is 0.393 e. The molecule has 1 aliphatic heterocycles. The van der Waals surface area contributed by atoms with Crippen LogP contribution in [-0.4, -0.2) is 29.2 Å². The SMILES string of the molecule is CC(C)(C)c1nc(N)cc(N2CCCC(C(F)(F)F)C2)n1. The third kappa shape index (κ3) is 3.77. The van der Waals surface area contributed by atoms with Crippen molar-refractivity contribution in [1.82, 2.24) is 9.97 Å². The Morgan fingerprint density at radius 2 is 1.90 bits per heavy atom. The topological polar surface area (TPSA) is 55.0 Å². The fraction of sp³-hybridized carbons (Fsp3) is 0.714. The maximum absolute atomic E-state index is 12.9. The van der Waals surface area contributed by atoms with E-state index in [1.165, 1.54) is 0 Å². The van der Waals surface area contributed by atoms with E-state index >= 15 is 0 Å². The Bertz CT molecular complexity index is 508. The third-order valence-corrected chi connectivity index (χ3v) is 3.61. The fourth-order valence-corrected chi connectivity index (χ4v) is 2.40. The summed E-state index contributed by atoms with van der Waals surface area (Å²) in [6.07, 6.45) is -3.49. The van der Waals surface area contributed by atoms with Gasteiger partial charge in [-0.15, -0.1) is 0 Å². The van der Waals surface area contributed by atoms with Crippen molar-refractivity contribution in [3.63, 3.8) is 0 Å². The zero-order valence-corrected chi connectivity index (χ0v) is 12.5. The van der Waals surface area contributed by atoms with Crippen LogP contribution in [0.15, 0.2) is 6.07 Å². The first-order chi connectivity index (χ1) is 9.57. The second kappa shape index (κ2) is 5.35. The van der Waals surface area contributed by atoms with Gasteiger partial charge in [0.2, 0.25) is 0 Å². The number of halogens is 3. The number of alkyl halides is 3. The summed E-state index contributed by atoms with van der Waals surface area (Å²) in [6, 6.07) is 1.55. The second-order valence-corrected chi connectivity index (χ2v) is 6.55. The lowest BCUT2D eigenvalue weighted by atomic mass is 9.95. The molecule has 1 atom stereocenters. The highest BCUT2D eigenvalue weighted by Gasteiger charge is 2.42. The molecule has 7 heteroatoms. The highest BCUT2D eigenvalue weighted by molar-refractivity contribution is 5.48. The number of hydrogen-bond donors (Lipinski definition) is 1. The first kappa shape index (κ1) is 15.9. The predicted octanol–water partition coefficient (Wildman–Crippen LogP) is 3.14. The van der Waals surface area contributed by atoms with E-state index in [9.17, 15) is 13.2 Å². The summed E-state index contributed by atoms with van der Waals surface area (Å²) in [5, 5.41) is 0. The summed E-state index contributed by atoms with van der Waals surface area (Å²) < 4.78 is 38.7. The largest absolute Gasteiger partial charge is 0.393 e. The standard InChI is InChI=1S/C14H21F3N4/c1-13(2,3)12-19-10(18)7-11(20-12)21-6-4-5-9(8-21)14(15,16)17/h7,9H,4-6,8H2,1-3H3,(H2,18,19,20). The molecule has 1 aliphatic rings. The van der Waals surface area contributed by atoms with Crippen molar-refractivity contribution >= 4 is 11.6 Å². The quantitative estimate of drug-likeness (QED) is 0.866. The summed E-state index contributed by atoms with van der Waals surface area (Å²) in [4.78, 5) is 10.3. The number of hydrogen-bond acceptors (Lipinski definition) is 4. The van der Waals surface area contributed by atoms with E-state index in [-0.39, 0.29) is 18.4 Å². The van der Waals surface area contributed by atoms with Crippen molar-refractivity contribution in [3.8, 4) is 0 Å². The Kier molecular flexibility index (Phi) is 4.04. The molecule has 118 valence electrons. The number of rotatable bonds is 1. The number of anilines is 2. The molecule has 2 heterocycles. The molecule has 2 rings (SSSR count). The van der Waals surface area contributed by atoms with Crippen LogP contribution < -0.4 is 10.6 Å². The third-order valence-electron chi connectivity index (χ3n) is 3.61. The molecule has 0 radical (unpaired) electrons. The molecule has 0 aliphatic carbocycles. The molecule has 1 fully saturated rings. The van der Waals surface area contributed by atoms with Gasteiger partial charge in [-0.05, 0) is 12.8 Å². The van der Waals surface area contributed by atoms with Crippen molar-refractivity contribution in [1.29, 1.82) is 0 Å². The molecule has 0 spiro atoms. The Morgan fingerprint density at radius 1 is 1.24 bits per heavy atom. The Balaban J connectivity index is 2.27. The fourth-order valence-electron chi connectivity index (χ4n) is 2.40. The zero-order chi connectivity index (χ0) is 15.8. The van der Waals surface area contributed by atoms with Gasteiger partial charge in [-0.1, -0.05) is 20.8 Å². The molecule has 0 bridgehead atoms. The molecule has 21 heavy (non-hydrogen) atoms. The second-order valence-electron chi connectivity index (χ2n) is 6.55. The summed E-state index contributed by atoms with van der Waals surface area (Å²) in [5.41, 5.74) is 5.48. The average molecular weight is 302 g/mol. The van der Waals surface area contributed by atoms with Crippen molar-refractivity contribution in [2.45, 2.75) is 45.2 Å². The molecule has 1 saturated heterocycles. The predicted molar refractivity (Wildman–Crippen MR) is 76.1 cm³/mol. The van der Waals surface area contributed by atoms with Gasteiger partial charge in [0.1, 0.15) is 17.5 Å². The van der Waals surface area contributed by atoms with Crippen LogP contribution in [0.2, 0.25) is 0 Å². The van der Waals surface area contributed by atoms with Gasteiger partial charge in [-0.2, -0.15) is 13.2 Å². The van der Waals surface area contributed by atoms with Crippen LogP contribution in [0.3, 0.4) is 0 Å². The van der Waals surface area contributed by atoms with Gasteiger partial charge in [-0.3, -0.25) is 0 Å². The molecule has 1 aromatic rings. The minimum absolute atomic E-state index is 0.0659. The molecule has 0 amide bonds. The van der Waals surface area contributed by atoms with E-state index in [0.717, 1.165) is 0 Å². The molecular weight excluding hydrogens is 281 g/mol. The summed E-state index contributed by atoms with van der Waals surface area (Å²) in [5.74, 6) is 0.0209. The van der Waals surface area contributed by atoms with E-state index in [1.807, 2.05) is 20.8 Å². The van der Waals surface area contributed by atoms with E-state index < -0.39 is 12.1 Å². The van der Waals surface area contributed by atoms with Gasteiger partial charge in [-0.25, -0.2) is 9.97 Å². The highest BCUT2D eigenvalue weighted by atomic mass is 19.4. The minimum Gasteiger partial charge on any atom is -0.384 e. The van der Waals surface area contributed by atoms with Crippen LogP contribution in [0.1, 0.15) is 39.4 Å². The van der Waals surface area contributed by atoms with Gasteiger partial charge in [0.25, 0.3) is 0 Å². The van der Waals surface area contributed by atoms with Crippen LogP contribution in [0.25, 0.3) is 0 Å². The van der Waals surface area contributed by atoms with Crippen molar-refractivity contribution in [3.05, 3.63) is 11.9 Å². The summed E-state index contributed by atoms with van der Waals surface area (Å²) in [7, 11) is 0. The molecule has 1 unspecified atom stereocenters. The van der Waals surface area contributed by atoms with Crippen LogP contribution in [0, 0.1) is 5.92 Å². The van der Waals surface area contributed by atoms with Gasteiger partial charge in [0, 0.05) is 24.6 Å². The first-order valence-electron chi connectivity index (χ1n) is 7.04. The number of nitrogens with zero attached hydrogens (tertiary/aromatic N) is 3. The van der Waals surface area contributed by atoms with Gasteiger partial charge < -0.3 is 10.6 Å². The van der Waals surface area contributed by atoms with Crippen molar-refractivity contribution in [2.75, 3.05) is 23.7 Å². The van der Waals surface area contributed by atoms with E-state index in [0.29, 0.717) is 30.4 Å². The maximum atomic E-state index is 12.9. The number of aromatic nitrogens is 2. The Labute approximate surface area is 122 Å². The van der Waals surface area contributed by atoms with Crippen LogP contribution in [0.4, 0.5) is 24.8 Å². The lowest BCUT2D eigenvalue weighted by Gasteiger charge is -2.35. The zero-order valence-electron chi connectivity index (χ0n) is 12.5. The van der Waals surface area contributed by atoms with Gasteiger partial charge in [0.05, 0.1) is 5.92 Å². The van der Waals surface area contributed by atoms with E-state index in [1.54, 1.807) is 11.0 Å². The van der Waals surface area contributed by atoms with Gasteiger partial charge in [0.15, 0.2) is 0 Å². The molecule has 0 aromatic carbocycles. The van der Waals surface area contributed by atoms with Crippen LogP contribution >= 0.6 is 0 Å². The molecule has 4 nitrogen and oxygen atoms in total. The lowest BCUT2D eigenvalue weighted by Crippen LogP contribution is -2.42. The summed E-state index contributed by atoms with van der Waals surface area (Å²) >= 11 is 0. The molecule has 0 saturated carbocycles. The highest BCUT2D eigenvalue weighted by Crippen LogP contribution is 2.35. The first-order valence-corrected chi connectivity index (χ1v) is 7.04.